The number of benzene rings is 1. The van der Waals surface area contributed by atoms with Gasteiger partial charge in [0.2, 0.25) is 0 Å². The molecule has 1 aromatic heterocycles. The van der Waals surface area contributed by atoms with Crippen LogP contribution in [-0.4, -0.2) is 27.2 Å². The second-order valence-electron chi connectivity index (χ2n) is 6.04. The predicted molar refractivity (Wildman–Crippen MR) is 83.1 cm³/mol. The molecule has 0 aliphatic carbocycles. The van der Waals surface area contributed by atoms with Crippen LogP contribution >= 0.6 is 11.3 Å². The fourth-order valence-corrected chi connectivity index (χ4v) is 3.96. The molecule has 0 radical (unpaired) electrons. The summed E-state index contributed by atoms with van der Waals surface area (Å²) in [7, 11) is -1.14. The van der Waals surface area contributed by atoms with Gasteiger partial charge in [-0.05, 0) is 32.9 Å². The van der Waals surface area contributed by atoms with Crippen LogP contribution < -0.4 is 4.72 Å². The maximum absolute atomic E-state index is 12.4. The molecule has 0 amide bonds. The third-order valence-electron chi connectivity index (χ3n) is 3.24. The Morgan fingerprint density at radius 3 is 2.60 bits per heavy atom. The topological polar surface area (TPSA) is 51.2 Å². The Kier molecular flexibility index (Phi) is 3.44. The lowest BCUT2D eigenvalue weighted by Gasteiger charge is -2.41. The summed E-state index contributed by atoms with van der Waals surface area (Å²) in [6.45, 7) is 6.92. The van der Waals surface area contributed by atoms with Gasteiger partial charge in [0.1, 0.15) is 10.5 Å². The zero-order chi connectivity index (χ0) is 14.4. The van der Waals surface area contributed by atoms with Gasteiger partial charge in [-0.3, -0.25) is 0 Å². The number of aromatic nitrogens is 1. The van der Waals surface area contributed by atoms with E-state index in [0.29, 0.717) is 13.2 Å². The van der Waals surface area contributed by atoms with E-state index in [0.717, 1.165) is 15.2 Å². The lowest BCUT2D eigenvalue weighted by Crippen LogP contribution is -2.59. The molecule has 108 valence electrons. The van der Waals surface area contributed by atoms with E-state index in [4.69, 9.17) is 4.74 Å². The number of nitrogens with one attached hydrogen (secondary N) is 1. The average Bonchev–Trinajstić information content (AvgIpc) is 2.75. The van der Waals surface area contributed by atoms with Crippen LogP contribution in [-0.2, 0) is 21.3 Å². The Labute approximate surface area is 125 Å². The minimum atomic E-state index is -1.14. The van der Waals surface area contributed by atoms with Gasteiger partial charge >= 0.3 is 0 Å². The molecule has 1 fully saturated rings. The monoisotopic (exact) mass is 310 g/mol. The molecule has 6 heteroatoms. The second kappa shape index (κ2) is 4.87. The minimum Gasteiger partial charge on any atom is -0.376 e. The summed E-state index contributed by atoms with van der Waals surface area (Å²) in [4.78, 5) is 4.68. The Bertz CT molecular complexity index is 623. The molecule has 1 N–H and O–H groups in total. The van der Waals surface area contributed by atoms with Gasteiger partial charge in [-0.15, -0.1) is 11.3 Å². The highest BCUT2D eigenvalue weighted by molar-refractivity contribution is 7.84. The number of fused-ring (bicyclic) bond motifs is 1. The largest absolute Gasteiger partial charge is 0.376 e. The van der Waals surface area contributed by atoms with Crippen molar-refractivity contribution in [2.75, 3.05) is 13.2 Å². The van der Waals surface area contributed by atoms with Gasteiger partial charge in [0.25, 0.3) is 0 Å². The van der Waals surface area contributed by atoms with Gasteiger partial charge < -0.3 is 4.74 Å². The van der Waals surface area contributed by atoms with Crippen molar-refractivity contribution in [1.82, 2.24) is 9.71 Å². The fourth-order valence-electron chi connectivity index (χ4n) is 1.94. The first-order valence-electron chi connectivity index (χ1n) is 6.54. The molecular formula is C14H18N2O2S2. The van der Waals surface area contributed by atoms with Crippen molar-refractivity contribution in [3.05, 3.63) is 29.3 Å². The summed E-state index contributed by atoms with van der Waals surface area (Å²) in [6.07, 6.45) is 0. The number of hydrogen-bond acceptors (Lipinski definition) is 4. The number of nitrogens with zero attached hydrogens (tertiary/aromatic N) is 1. The highest BCUT2D eigenvalue weighted by atomic mass is 32.2. The summed E-state index contributed by atoms with van der Waals surface area (Å²) in [5.41, 5.74) is 0.587. The molecule has 3 rings (SSSR count). The molecule has 1 atom stereocenters. The summed E-state index contributed by atoms with van der Waals surface area (Å²) in [5.74, 6) is 0. The maximum atomic E-state index is 12.4. The molecule has 4 nitrogen and oxygen atoms in total. The molecule has 1 aliphatic heterocycles. The molecule has 2 aromatic rings. The van der Waals surface area contributed by atoms with Crippen LogP contribution in [0.2, 0.25) is 0 Å². The molecule has 0 saturated carbocycles. The third-order valence-corrected chi connectivity index (χ3v) is 6.17. The van der Waals surface area contributed by atoms with Crippen LogP contribution in [0.25, 0.3) is 10.2 Å². The van der Waals surface area contributed by atoms with E-state index in [1.807, 2.05) is 39.0 Å². The van der Waals surface area contributed by atoms with Crippen molar-refractivity contribution in [3.63, 3.8) is 0 Å². The molecule has 0 spiro atoms. The van der Waals surface area contributed by atoms with Gasteiger partial charge in [0, 0.05) is 0 Å². The van der Waals surface area contributed by atoms with E-state index >= 15 is 0 Å². The Morgan fingerprint density at radius 2 is 2.05 bits per heavy atom. The summed E-state index contributed by atoms with van der Waals surface area (Å²) in [6, 6.07) is 8.05. The molecule has 2 heterocycles. The van der Waals surface area contributed by atoms with Crippen LogP contribution in [0, 0.1) is 0 Å². The molecule has 1 saturated heterocycles. The Morgan fingerprint density at radius 1 is 1.35 bits per heavy atom. The molecule has 1 aromatic carbocycles. The zero-order valence-electron chi connectivity index (χ0n) is 11.8. The number of rotatable bonds is 3. The molecular weight excluding hydrogens is 292 g/mol. The van der Waals surface area contributed by atoms with Crippen molar-refractivity contribution in [1.29, 1.82) is 0 Å². The van der Waals surface area contributed by atoms with Crippen molar-refractivity contribution < 1.29 is 8.95 Å². The van der Waals surface area contributed by atoms with E-state index in [2.05, 4.69) is 15.8 Å². The SMILES string of the molecule is CC(C)(C)S(=O)NC1(c2nc3ccccc3s2)COC1. The standard InChI is InChI=1S/C14H18N2O2S2/c1-13(2,3)20(17)16-14(8-18-9-14)12-15-10-6-4-5-7-11(10)19-12/h4-7,16H,8-9H2,1-3H3. The molecule has 0 bridgehead atoms. The number of hydrogen-bond donors (Lipinski definition) is 1. The first-order chi connectivity index (χ1) is 9.41. The minimum absolute atomic E-state index is 0.306. The summed E-state index contributed by atoms with van der Waals surface area (Å²) in [5, 5.41) is 0.961. The summed E-state index contributed by atoms with van der Waals surface area (Å²) < 4.78 is 21.8. The second-order valence-corrected chi connectivity index (χ2v) is 9.04. The summed E-state index contributed by atoms with van der Waals surface area (Å²) >= 11 is 1.64. The maximum Gasteiger partial charge on any atom is 0.128 e. The molecule has 1 unspecified atom stereocenters. The third kappa shape index (κ3) is 2.41. The average molecular weight is 310 g/mol. The smallest absolute Gasteiger partial charge is 0.128 e. The lowest BCUT2D eigenvalue weighted by atomic mass is 10.0. The van der Waals surface area contributed by atoms with Gasteiger partial charge in [-0.1, -0.05) is 12.1 Å². The first kappa shape index (κ1) is 14.1. The van der Waals surface area contributed by atoms with Gasteiger partial charge in [0.05, 0.1) is 39.2 Å². The fraction of sp³-hybridized carbons (Fsp3) is 0.500. The quantitative estimate of drug-likeness (QED) is 0.948. The first-order valence-corrected chi connectivity index (χ1v) is 8.51. The van der Waals surface area contributed by atoms with E-state index in [9.17, 15) is 4.21 Å². The van der Waals surface area contributed by atoms with Crippen molar-refractivity contribution >= 4 is 32.5 Å². The van der Waals surface area contributed by atoms with Crippen LogP contribution in [0.5, 0.6) is 0 Å². The van der Waals surface area contributed by atoms with Gasteiger partial charge in [-0.25, -0.2) is 13.9 Å². The van der Waals surface area contributed by atoms with Crippen LogP contribution in [0.15, 0.2) is 24.3 Å². The van der Waals surface area contributed by atoms with E-state index in [1.165, 1.54) is 0 Å². The predicted octanol–water partition coefficient (Wildman–Crippen LogP) is 2.57. The van der Waals surface area contributed by atoms with Crippen molar-refractivity contribution in [2.24, 2.45) is 0 Å². The number of ether oxygens (including phenoxy) is 1. The van der Waals surface area contributed by atoms with Crippen LogP contribution in [0.1, 0.15) is 25.8 Å². The van der Waals surface area contributed by atoms with Crippen molar-refractivity contribution in [3.8, 4) is 0 Å². The number of thiazole rings is 1. The van der Waals surface area contributed by atoms with Crippen molar-refractivity contribution in [2.45, 2.75) is 31.1 Å². The molecule has 20 heavy (non-hydrogen) atoms. The Balaban J connectivity index is 1.94. The lowest BCUT2D eigenvalue weighted by molar-refractivity contribution is -0.0659. The normalized spacial score (nSPS) is 19.8. The highest BCUT2D eigenvalue weighted by Crippen LogP contribution is 2.36. The van der Waals surface area contributed by atoms with Crippen LogP contribution in [0.4, 0.5) is 0 Å². The van der Waals surface area contributed by atoms with E-state index in [1.54, 1.807) is 11.3 Å². The number of para-hydroxylation sites is 1. The molecule has 1 aliphatic rings. The highest BCUT2D eigenvalue weighted by Gasteiger charge is 2.45. The van der Waals surface area contributed by atoms with Gasteiger partial charge in [0.15, 0.2) is 0 Å². The van der Waals surface area contributed by atoms with Crippen LogP contribution in [0.3, 0.4) is 0 Å². The van der Waals surface area contributed by atoms with E-state index < -0.39 is 16.5 Å². The van der Waals surface area contributed by atoms with Gasteiger partial charge in [-0.2, -0.15) is 0 Å². The zero-order valence-corrected chi connectivity index (χ0v) is 13.4. The Hall–Kier alpha value is -0.820. The van der Waals surface area contributed by atoms with E-state index in [-0.39, 0.29) is 4.75 Å².